The quantitative estimate of drug-likeness (QED) is 0.0172. The Hall–Kier alpha value is -2.83. The number of hydrogen-bond acceptors (Lipinski definition) is 14. The van der Waals surface area contributed by atoms with Crippen LogP contribution in [0.1, 0.15) is 200 Å². The van der Waals surface area contributed by atoms with Crippen LogP contribution in [0.2, 0.25) is 0 Å². The standard InChI is InChI=1S/C62H106O14/c1-3-5-7-9-11-13-15-17-19-21-23-24-25-26-27-28-30-32-34-36-38-40-42-44-46-71-48-51(74-54(64)45-43-41-39-37-35-33-31-29-22-20-18-16-14-12-10-8-6-4-2)49-72-61-60(70)58(68)56(66)53(76-61)50-73-62-59(69)57(67)55(65)52(47-63)75-62/h5,7,11,13,17,19,23-24,26-27,30,32,36,38,51-53,55-63,65-70H,3-4,6,8-10,12,14-16,18,20-22,25,28-29,31,33-35,37,39-50H2,1-2H3/b7-5-,13-11-,19-17-,24-23-,27-26-,32-30-,38-36-. The van der Waals surface area contributed by atoms with Gasteiger partial charge in [-0.1, -0.05) is 208 Å². The van der Waals surface area contributed by atoms with Gasteiger partial charge in [-0.05, 0) is 70.6 Å². The lowest BCUT2D eigenvalue weighted by Gasteiger charge is -2.42. The second-order valence-corrected chi connectivity index (χ2v) is 20.4. The highest BCUT2D eigenvalue weighted by molar-refractivity contribution is 5.69. The lowest BCUT2D eigenvalue weighted by atomic mass is 9.98. The predicted octanol–water partition coefficient (Wildman–Crippen LogP) is 10.8. The van der Waals surface area contributed by atoms with E-state index in [1.54, 1.807) is 0 Å². The molecule has 0 bridgehead atoms. The minimum Gasteiger partial charge on any atom is -0.457 e. The smallest absolute Gasteiger partial charge is 0.306 e. The van der Waals surface area contributed by atoms with Gasteiger partial charge in [0.2, 0.25) is 0 Å². The maximum absolute atomic E-state index is 13.1. The van der Waals surface area contributed by atoms with Gasteiger partial charge in [-0.3, -0.25) is 4.79 Å². The number of carbonyl (C=O) groups is 1. The number of rotatable bonds is 47. The van der Waals surface area contributed by atoms with E-state index >= 15 is 0 Å². The molecular formula is C62H106O14. The number of esters is 1. The molecule has 0 amide bonds. The third-order valence-electron chi connectivity index (χ3n) is 13.7. The van der Waals surface area contributed by atoms with Crippen LogP contribution in [-0.2, 0) is 33.2 Å². The van der Waals surface area contributed by atoms with E-state index in [1.807, 2.05) is 0 Å². The maximum atomic E-state index is 13.1. The first-order valence-corrected chi connectivity index (χ1v) is 29.7. The van der Waals surface area contributed by atoms with Gasteiger partial charge in [0.05, 0.1) is 26.4 Å². The molecule has 11 unspecified atom stereocenters. The van der Waals surface area contributed by atoms with Crippen molar-refractivity contribution in [3.63, 3.8) is 0 Å². The summed E-state index contributed by atoms with van der Waals surface area (Å²) < 4.78 is 34.3. The van der Waals surface area contributed by atoms with Crippen molar-refractivity contribution >= 4 is 5.97 Å². The molecule has 0 saturated carbocycles. The van der Waals surface area contributed by atoms with Crippen molar-refractivity contribution in [1.82, 2.24) is 0 Å². The van der Waals surface area contributed by atoms with Crippen LogP contribution in [0.25, 0.3) is 0 Å². The fraction of sp³-hybridized carbons (Fsp3) is 0.758. The van der Waals surface area contributed by atoms with Crippen molar-refractivity contribution in [3.8, 4) is 0 Å². The molecule has 76 heavy (non-hydrogen) atoms. The van der Waals surface area contributed by atoms with E-state index in [9.17, 15) is 40.5 Å². The van der Waals surface area contributed by atoms with Gasteiger partial charge in [0, 0.05) is 13.0 Å². The van der Waals surface area contributed by atoms with Crippen molar-refractivity contribution in [2.75, 3.05) is 33.0 Å². The second kappa shape index (κ2) is 48.1. The summed E-state index contributed by atoms with van der Waals surface area (Å²) in [6.45, 7) is 3.47. The van der Waals surface area contributed by atoms with Crippen LogP contribution in [0.15, 0.2) is 85.1 Å². The van der Waals surface area contributed by atoms with Gasteiger partial charge >= 0.3 is 5.97 Å². The van der Waals surface area contributed by atoms with Gasteiger partial charge in [0.25, 0.3) is 0 Å². The highest BCUT2D eigenvalue weighted by Gasteiger charge is 2.47. The topological polar surface area (TPSA) is 214 Å². The highest BCUT2D eigenvalue weighted by atomic mass is 16.7. The van der Waals surface area contributed by atoms with E-state index in [2.05, 4.69) is 98.9 Å². The molecular weight excluding hydrogens is 969 g/mol. The zero-order valence-electron chi connectivity index (χ0n) is 47.0. The number of ether oxygens (including phenoxy) is 6. The van der Waals surface area contributed by atoms with Crippen LogP contribution in [0.5, 0.6) is 0 Å². The Labute approximate surface area is 459 Å². The van der Waals surface area contributed by atoms with Crippen molar-refractivity contribution in [2.24, 2.45) is 0 Å². The lowest BCUT2D eigenvalue weighted by Crippen LogP contribution is -2.61. The van der Waals surface area contributed by atoms with Crippen LogP contribution >= 0.6 is 0 Å². The molecule has 0 aliphatic carbocycles. The first-order valence-electron chi connectivity index (χ1n) is 29.7. The summed E-state index contributed by atoms with van der Waals surface area (Å²) in [5.74, 6) is -0.392. The predicted molar refractivity (Wildman–Crippen MR) is 302 cm³/mol. The molecule has 0 radical (unpaired) electrons. The summed E-state index contributed by atoms with van der Waals surface area (Å²) in [4.78, 5) is 13.1. The van der Waals surface area contributed by atoms with Gasteiger partial charge in [-0.25, -0.2) is 0 Å². The fourth-order valence-electron chi connectivity index (χ4n) is 8.91. The van der Waals surface area contributed by atoms with Gasteiger partial charge < -0.3 is 64.2 Å². The Bertz CT molecular complexity index is 1580. The zero-order chi connectivity index (χ0) is 55.1. The van der Waals surface area contributed by atoms with Crippen LogP contribution < -0.4 is 0 Å². The van der Waals surface area contributed by atoms with Crippen molar-refractivity contribution in [3.05, 3.63) is 85.1 Å². The lowest BCUT2D eigenvalue weighted by molar-refractivity contribution is -0.332. The largest absolute Gasteiger partial charge is 0.457 e. The normalized spacial score (nSPS) is 25.1. The number of aliphatic hydroxyl groups is 7. The molecule has 14 nitrogen and oxygen atoms in total. The Kier molecular flexibility index (Phi) is 43.9. The molecule has 11 atom stereocenters. The third-order valence-corrected chi connectivity index (χ3v) is 13.7. The van der Waals surface area contributed by atoms with Crippen LogP contribution in [0, 0.1) is 0 Å². The molecule has 438 valence electrons. The monoisotopic (exact) mass is 1070 g/mol. The average Bonchev–Trinajstić information content (AvgIpc) is 3.42. The average molecular weight is 1080 g/mol. The molecule has 14 heteroatoms. The van der Waals surface area contributed by atoms with Crippen molar-refractivity contribution in [1.29, 1.82) is 0 Å². The number of unbranched alkanes of at least 4 members (excludes halogenated alkanes) is 19. The molecule has 0 aromatic rings. The molecule has 2 aliphatic heterocycles. The van der Waals surface area contributed by atoms with Gasteiger partial charge in [0.1, 0.15) is 54.9 Å². The maximum Gasteiger partial charge on any atom is 0.306 e. The van der Waals surface area contributed by atoms with Gasteiger partial charge in [-0.15, -0.1) is 0 Å². The Morgan fingerprint density at radius 3 is 1.32 bits per heavy atom. The van der Waals surface area contributed by atoms with E-state index in [4.69, 9.17) is 28.4 Å². The molecule has 0 spiro atoms. The van der Waals surface area contributed by atoms with E-state index in [-0.39, 0.29) is 19.6 Å². The number of hydrogen-bond donors (Lipinski definition) is 7. The Morgan fingerprint density at radius 2 is 0.855 bits per heavy atom. The number of allylic oxidation sites excluding steroid dienone is 14. The molecule has 2 fully saturated rings. The molecule has 0 aromatic heterocycles. The number of aliphatic hydroxyl groups excluding tert-OH is 7. The van der Waals surface area contributed by atoms with Gasteiger partial charge in [-0.2, -0.15) is 0 Å². The number of carbonyl (C=O) groups excluding carboxylic acids is 1. The molecule has 2 aliphatic rings. The van der Waals surface area contributed by atoms with E-state index in [1.165, 1.54) is 89.9 Å². The fourth-order valence-corrected chi connectivity index (χ4v) is 8.91. The van der Waals surface area contributed by atoms with Crippen LogP contribution in [-0.4, -0.2) is 142 Å². The molecule has 7 N–H and O–H groups in total. The van der Waals surface area contributed by atoms with E-state index in [0.717, 1.165) is 83.5 Å². The van der Waals surface area contributed by atoms with E-state index in [0.29, 0.717) is 13.0 Å². The molecule has 2 heterocycles. The van der Waals surface area contributed by atoms with Crippen LogP contribution in [0.3, 0.4) is 0 Å². The zero-order valence-corrected chi connectivity index (χ0v) is 47.0. The summed E-state index contributed by atoms with van der Waals surface area (Å²) in [5.41, 5.74) is 0. The van der Waals surface area contributed by atoms with Gasteiger partial charge in [0.15, 0.2) is 12.6 Å². The summed E-state index contributed by atoms with van der Waals surface area (Å²) in [6.07, 6.45) is 46.5. The Morgan fingerprint density at radius 1 is 0.447 bits per heavy atom. The summed E-state index contributed by atoms with van der Waals surface area (Å²) in [5, 5.41) is 72.4. The van der Waals surface area contributed by atoms with Crippen molar-refractivity contribution < 1.29 is 69.0 Å². The summed E-state index contributed by atoms with van der Waals surface area (Å²) in [6, 6.07) is 0. The second-order valence-electron chi connectivity index (χ2n) is 20.4. The van der Waals surface area contributed by atoms with E-state index < -0.39 is 86.7 Å². The highest BCUT2D eigenvalue weighted by Crippen LogP contribution is 2.26. The van der Waals surface area contributed by atoms with Crippen molar-refractivity contribution in [2.45, 2.75) is 268 Å². The van der Waals surface area contributed by atoms with Crippen LogP contribution in [0.4, 0.5) is 0 Å². The first-order chi connectivity index (χ1) is 37.1. The SMILES string of the molecule is CC/C=C\C/C=C\C/C=C\C/C=C\C/C=C\C/C=C\C/C=C\CCCCOCC(COC1OC(COC2OC(CO)C(O)C(O)C2O)C(O)C(O)C1O)OC(=O)CCCCCCCCCCCCCCCCCCCC. The third kappa shape index (κ3) is 34.2. The molecule has 0 aromatic carbocycles. The first kappa shape index (κ1) is 69.3. The summed E-state index contributed by atoms with van der Waals surface area (Å²) in [7, 11) is 0. The molecule has 2 rings (SSSR count). The molecule has 2 saturated heterocycles. The summed E-state index contributed by atoms with van der Waals surface area (Å²) >= 11 is 0. The minimum absolute atomic E-state index is 0.0288. The minimum atomic E-state index is -1.72. The Balaban J connectivity index is 1.74.